The fraction of sp³-hybridized carbons (Fsp3) is 0.400. The monoisotopic (exact) mass is 270 g/mol. The van der Waals surface area contributed by atoms with Crippen LogP contribution < -0.4 is 10.1 Å². The summed E-state index contributed by atoms with van der Waals surface area (Å²) in [5, 5.41) is 3.07. The molecule has 0 bridgehead atoms. The molecule has 1 aliphatic heterocycles. The van der Waals surface area contributed by atoms with Gasteiger partial charge in [0.25, 0.3) is 5.91 Å². The molecule has 0 spiro atoms. The third-order valence-electron chi connectivity index (χ3n) is 2.60. The second kappa shape index (κ2) is 4.77. The summed E-state index contributed by atoms with van der Waals surface area (Å²) in [6.07, 6.45) is 1.44. The van der Waals surface area contributed by atoms with Crippen molar-refractivity contribution in [3.63, 3.8) is 0 Å². The molecule has 1 atom stereocenters. The van der Waals surface area contributed by atoms with Crippen LogP contribution in [-0.2, 0) is 9.59 Å². The first-order chi connectivity index (χ1) is 8.52. The number of aromatic nitrogens is 2. The van der Waals surface area contributed by atoms with E-state index in [0.717, 1.165) is 4.90 Å². The van der Waals surface area contributed by atoms with Gasteiger partial charge in [0.15, 0.2) is 5.82 Å². The highest BCUT2D eigenvalue weighted by atomic mass is 35.5. The van der Waals surface area contributed by atoms with Crippen molar-refractivity contribution in [1.29, 1.82) is 0 Å². The van der Waals surface area contributed by atoms with Crippen LogP contribution in [0.15, 0.2) is 6.20 Å². The topological polar surface area (TPSA) is 84.4 Å². The number of likely N-dealkylation sites (N-methyl/N-ethyl adjacent to an activating group) is 1. The Bertz CT molecular complexity index is 508. The van der Waals surface area contributed by atoms with E-state index in [1.54, 1.807) is 0 Å². The number of nitrogens with zero attached hydrogens (tertiary/aromatic N) is 3. The Balaban J connectivity index is 2.19. The Hall–Kier alpha value is -1.89. The number of amides is 2. The molecule has 1 fully saturated rings. The van der Waals surface area contributed by atoms with Crippen LogP contribution in [0, 0.1) is 0 Å². The van der Waals surface area contributed by atoms with Gasteiger partial charge in [-0.15, -0.1) is 0 Å². The minimum Gasteiger partial charge on any atom is -0.467 e. The molecule has 0 aliphatic carbocycles. The average Bonchev–Trinajstić information content (AvgIpc) is 2.60. The number of carbonyl (C=O) groups is 2. The predicted molar refractivity (Wildman–Crippen MR) is 63.4 cm³/mol. The molecule has 2 amide bonds. The third kappa shape index (κ3) is 2.21. The molecule has 1 unspecified atom stereocenters. The van der Waals surface area contributed by atoms with Gasteiger partial charge in [-0.25, -0.2) is 4.98 Å². The fourth-order valence-electron chi connectivity index (χ4n) is 1.58. The molecule has 1 aromatic rings. The molecule has 18 heavy (non-hydrogen) atoms. The van der Waals surface area contributed by atoms with E-state index in [0.29, 0.717) is 0 Å². The van der Waals surface area contributed by atoms with Gasteiger partial charge in [-0.3, -0.25) is 14.5 Å². The summed E-state index contributed by atoms with van der Waals surface area (Å²) in [5.41, 5.74) is 0. The molecule has 2 rings (SSSR count). The van der Waals surface area contributed by atoms with E-state index in [4.69, 9.17) is 16.3 Å². The van der Waals surface area contributed by atoms with Crippen LogP contribution in [0.2, 0.25) is 5.02 Å². The maximum Gasteiger partial charge on any atom is 0.318 e. The summed E-state index contributed by atoms with van der Waals surface area (Å²) in [7, 11) is 2.86. The normalized spacial score (nSPS) is 19.3. The van der Waals surface area contributed by atoms with Crippen LogP contribution in [0.1, 0.15) is 6.42 Å². The van der Waals surface area contributed by atoms with Crippen LogP contribution in [0.4, 0.5) is 5.82 Å². The van der Waals surface area contributed by atoms with Crippen molar-refractivity contribution in [3.05, 3.63) is 11.2 Å². The number of ether oxygens (including phenoxy) is 1. The smallest absolute Gasteiger partial charge is 0.318 e. The van der Waals surface area contributed by atoms with Crippen LogP contribution in [-0.4, -0.2) is 46.9 Å². The third-order valence-corrected chi connectivity index (χ3v) is 2.87. The highest BCUT2D eigenvalue weighted by Crippen LogP contribution is 2.23. The van der Waals surface area contributed by atoms with E-state index < -0.39 is 6.04 Å². The van der Waals surface area contributed by atoms with E-state index in [1.165, 1.54) is 20.4 Å². The lowest BCUT2D eigenvalue weighted by Gasteiger charge is -2.12. The number of nitrogens with one attached hydrogen (secondary N) is 1. The van der Waals surface area contributed by atoms with Gasteiger partial charge >= 0.3 is 6.01 Å². The number of halogens is 1. The molecule has 2 heterocycles. The van der Waals surface area contributed by atoms with Gasteiger partial charge in [-0.2, -0.15) is 4.98 Å². The van der Waals surface area contributed by atoms with Crippen molar-refractivity contribution in [2.45, 2.75) is 12.5 Å². The van der Waals surface area contributed by atoms with Crippen molar-refractivity contribution < 1.29 is 14.3 Å². The van der Waals surface area contributed by atoms with E-state index in [2.05, 4.69) is 15.3 Å². The lowest BCUT2D eigenvalue weighted by atomic mass is 10.2. The van der Waals surface area contributed by atoms with Crippen molar-refractivity contribution >= 4 is 29.2 Å². The highest BCUT2D eigenvalue weighted by Gasteiger charge is 2.36. The minimum absolute atomic E-state index is 0.0813. The first-order valence-electron chi connectivity index (χ1n) is 5.16. The summed E-state index contributed by atoms with van der Waals surface area (Å²) in [6.45, 7) is 0. The minimum atomic E-state index is -0.653. The lowest BCUT2D eigenvalue weighted by Crippen LogP contribution is -2.32. The van der Waals surface area contributed by atoms with Crippen molar-refractivity contribution in [2.75, 3.05) is 19.5 Å². The molecule has 1 saturated heterocycles. The molecular weight excluding hydrogens is 260 g/mol. The zero-order valence-electron chi connectivity index (χ0n) is 9.81. The van der Waals surface area contributed by atoms with Gasteiger partial charge in [0.05, 0.1) is 19.7 Å². The highest BCUT2D eigenvalue weighted by molar-refractivity contribution is 6.32. The Morgan fingerprint density at radius 2 is 2.28 bits per heavy atom. The summed E-state index contributed by atoms with van der Waals surface area (Å²) in [4.78, 5) is 31.9. The molecule has 0 saturated carbocycles. The van der Waals surface area contributed by atoms with Crippen molar-refractivity contribution in [2.24, 2.45) is 0 Å². The second-order valence-electron chi connectivity index (χ2n) is 3.75. The first kappa shape index (κ1) is 12.6. The molecule has 96 valence electrons. The summed E-state index contributed by atoms with van der Waals surface area (Å²) < 4.78 is 4.86. The van der Waals surface area contributed by atoms with E-state index in [-0.39, 0.29) is 35.1 Å². The van der Waals surface area contributed by atoms with Crippen LogP contribution in [0.5, 0.6) is 6.01 Å². The maximum atomic E-state index is 11.7. The molecule has 1 N–H and O–H groups in total. The SMILES string of the molecule is COc1ncc(Cl)c(NC2CC(=O)N(C)C2=O)n1. The Labute approximate surface area is 108 Å². The molecule has 0 radical (unpaired) electrons. The van der Waals surface area contributed by atoms with Crippen LogP contribution in [0.25, 0.3) is 0 Å². The molecule has 8 heteroatoms. The van der Waals surface area contributed by atoms with Crippen molar-refractivity contribution in [1.82, 2.24) is 14.9 Å². The number of hydrogen-bond donors (Lipinski definition) is 1. The summed E-state index contributed by atoms with van der Waals surface area (Å²) in [6, 6.07) is -0.522. The van der Waals surface area contributed by atoms with Gasteiger partial charge in [-0.05, 0) is 0 Å². The van der Waals surface area contributed by atoms with Gasteiger partial charge < -0.3 is 10.1 Å². The average molecular weight is 271 g/mol. The number of imide groups is 1. The lowest BCUT2D eigenvalue weighted by molar-refractivity contribution is -0.136. The van der Waals surface area contributed by atoms with Crippen LogP contribution in [0.3, 0.4) is 0 Å². The van der Waals surface area contributed by atoms with Gasteiger partial charge in [-0.1, -0.05) is 11.6 Å². The maximum absolute atomic E-state index is 11.7. The molecule has 1 aromatic heterocycles. The summed E-state index contributed by atoms with van der Waals surface area (Å²) in [5.74, 6) is -0.284. The van der Waals surface area contributed by atoms with E-state index in [1.807, 2.05) is 0 Å². The van der Waals surface area contributed by atoms with Gasteiger partial charge in [0.2, 0.25) is 5.91 Å². The zero-order valence-corrected chi connectivity index (χ0v) is 10.6. The molecule has 7 nitrogen and oxygen atoms in total. The van der Waals surface area contributed by atoms with Crippen molar-refractivity contribution in [3.8, 4) is 6.01 Å². The van der Waals surface area contributed by atoms with E-state index in [9.17, 15) is 9.59 Å². The molecule has 1 aliphatic rings. The first-order valence-corrected chi connectivity index (χ1v) is 5.54. The quantitative estimate of drug-likeness (QED) is 0.796. The standard InChI is InChI=1S/C10H11ClN4O3/c1-15-7(16)3-6(9(15)17)13-8-5(11)4-12-10(14-8)18-2/h4,6H,3H2,1-2H3,(H,12,13,14). The predicted octanol–water partition coefficient (Wildman–Crippen LogP) is 0.308. The number of carbonyl (C=O) groups excluding carboxylic acids is 2. The number of anilines is 1. The second-order valence-corrected chi connectivity index (χ2v) is 4.15. The number of methoxy groups -OCH3 is 1. The van der Waals surface area contributed by atoms with Crippen LogP contribution >= 0.6 is 11.6 Å². The Morgan fingerprint density at radius 3 is 2.83 bits per heavy atom. The Morgan fingerprint density at radius 1 is 1.56 bits per heavy atom. The fourth-order valence-corrected chi connectivity index (χ4v) is 1.73. The Kier molecular flexibility index (Phi) is 3.33. The molecular formula is C10H11ClN4O3. The number of rotatable bonds is 3. The largest absolute Gasteiger partial charge is 0.467 e. The van der Waals surface area contributed by atoms with Gasteiger partial charge in [0, 0.05) is 7.05 Å². The van der Waals surface area contributed by atoms with E-state index >= 15 is 0 Å². The number of likely N-dealkylation sites (tertiary alicyclic amines) is 1. The zero-order chi connectivity index (χ0) is 13.3. The molecule has 0 aromatic carbocycles. The summed E-state index contributed by atoms with van der Waals surface area (Å²) >= 11 is 5.90. The van der Waals surface area contributed by atoms with Gasteiger partial charge in [0.1, 0.15) is 11.1 Å². The number of hydrogen-bond acceptors (Lipinski definition) is 6.